The van der Waals surface area contributed by atoms with E-state index in [2.05, 4.69) is 20.0 Å². The largest absolute Gasteiger partial charge is 0.392 e. The molecule has 2 N–H and O–H groups in total. The van der Waals surface area contributed by atoms with Crippen LogP contribution in [0.4, 0.5) is 5.82 Å². The van der Waals surface area contributed by atoms with Crippen molar-refractivity contribution in [3.8, 4) is 0 Å². The number of nitrogens with two attached hydrogens (primary N) is 1. The number of thiocarbonyl (C=S) groups is 1. The van der Waals surface area contributed by atoms with Crippen LogP contribution in [0.1, 0.15) is 5.69 Å². The van der Waals surface area contributed by atoms with Gasteiger partial charge in [0, 0.05) is 32.7 Å². The predicted octanol–water partition coefficient (Wildman–Crippen LogP) is 0.193. The van der Waals surface area contributed by atoms with Crippen molar-refractivity contribution in [3.63, 3.8) is 0 Å². The van der Waals surface area contributed by atoms with Crippen molar-refractivity contribution in [2.24, 2.45) is 5.73 Å². The lowest BCUT2D eigenvalue weighted by Gasteiger charge is -2.34. The molecule has 2 rings (SSSR count). The van der Waals surface area contributed by atoms with Crippen LogP contribution in [0, 0.1) is 6.92 Å². The monoisotopic (exact) mass is 251 g/mol. The van der Waals surface area contributed by atoms with E-state index in [1.54, 1.807) is 0 Å². The molecule has 0 aromatic carbocycles. The molecule has 0 unspecified atom stereocenters. The molecule has 0 saturated carbocycles. The lowest BCUT2D eigenvalue weighted by atomic mass is 10.3. The maximum absolute atomic E-state index is 5.54. The first-order valence-corrected chi connectivity index (χ1v) is 6.12. The molecule has 17 heavy (non-hydrogen) atoms. The molecular formula is C11H17N5S. The minimum absolute atomic E-state index is 0.563. The molecule has 0 amide bonds. The fourth-order valence-electron chi connectivity index (χ4n) is 1.92. The summed E-state index contributed by atoms with van der Waals surface area (Å²) in [5.41, 5.74) is 6.48. The van der Waals surface area contributed by atoms with Gasteiger partial charge in [0.05, 0.1) is 10.7 Å². The molecule has 1 aliphatic rings. The van der Waals surface area contributed by atoms with Gasteiger partial charge in [0.25, 0.3) is 0 Å². The van der Waals surface area contributed by atoms with Gasteiger partial charge in [0.1, 0.15) is 0 Å². The number of aromatic nitrogens is 2. The fourth-order valence-corrected chi connectivity index (χ4v) is 2.10. The van der Waals surface area contributed by atoms with Gasteiger partial charge in [0.2, 0.25) is 0 Å². The lowest BCUT2D eigenvalue weighted by Crippen LogP contribution is -2.48. The Labute approximate surface area is 107 Å². The molecule has 0 radical (unpaired) electrons. The van der Waals surface area contributed by atoms with Gasteiger partial charge in [-0.15, -0.1) is 5.10 Å². The van der Waals surface area contributed by atoms with E-state index in [0.717, 1.165) is 37.7 Å². The molecule has 6 heteroatoms. The van der Waals surface area contributed by atoms with Gasteiger partial charge in [0.15, 0.2) is 5.82 Å². The molecule has 0 spiro atoms. The summed E-state index contributed by atoms with van der Waals surface area (Å²) in [5, 5.41) is 8.27. The van der Waals surface area contributed by atoms with E-state index in [1.807, 2.05) is 19.1 Å². The summed E-state index contributed by atoms with van der Waals surface area (Å²) in [6.07, 6.45) is 0. The summed E-state index contributed by atoms with van der Waals surface area (Å²) in [5.74, 6) is 0.950. The second-order valence-electron chi connectivity index (χ2n) is 4.26. The third-order valence-electron chi connectivity index (χ3n) is 2.86. The normalized spacial score (nSPS) is 17.1. The quantitative estimate of drug-likeness (QED) is 0.774. The number of hydrogen-bond donors (Lipinski definition) is 1. The van der Waals surface area contributed by atoms with E-state index in [1.165, 1.54) is 0 Å². The minimum Gasteiger partial charge on any atom is -0.392 e. The van der Waals surface area contributed by atoms with Gasteiger partial charge >= 0.3 is 0 Å². The van der Waals surface area contributed by atoms with Gasteiger partial charge < -0.3 is 10.6 Å². The van der Waals surface area contributed by atoms with Crippen molar-refractivity contribution in [2.45, 2.75) is 6.92 Å². The Kier molecular flexibility index (Phi) is 3.86. The van der Waals surface area contributed by atoms with E-state index in [0.29, 0.717) is 11.5 Å². The third-order valence-corrected chi connectivity index (χ3v) is 2.99. The van der Waals surface area contributed by atoms with Crippen molar-refractivity contribution in [2.75, 3.05) is 37.6 Å². The molecule has 0 bridgehead atoms. The molecule has 5 nitrogen and oxygen atoms in total. The topological polar surface area (TPSA) is 58.3 Å². The zero-order valence-electron chi connectivity index (χ0n) is 9.96. The summed E-state index contributed by atoms with van der Waals surface area (Å²) in [4.78, 5) is 5.07. The standard InChI is InChI=1S/C11H17N5S/c1-9-2-3-11(14-13-9)16-6-4-15(5-7-16)8-10(12)17/h2-3H,4-8H2,1H3,(H2,12,17). The number of hydrogen-bond acceptors (Lipinski definition) is 5. The van der Waals surface area contributed by atoms with Crippen LogP contribution in [0.25, 0.3) is 0 Å². The number of nitrogens with zero attached hydrogens (tertiary/aromatic N) is 4. The average Bonchev–Trinajstić information content (AvgIpc) is 2.30. The van der Waals surface area contributed by atoms with Crippen LogP contribution in [0.3, 0.4) is 0 Å². The molecule has 0 aliphatic carbocycles. The molecule has 1 aromatic heterocycles. The number of rotatable bonds is 3. The first-order valence-electron chi connectivity index (χ1n) is 5.71. The van der Waals surface area contributed by atoms with Crippen molar-refractivity contribution in [1.82, 2.24) is 15.1 Å². The van der Waals surface area contributed by atoms with Gasteiger partial charge in [-0.3, -0.25) is 4.90 Å². The molecule has 0 atom stereocenters. The molecule has 1 fully saturated rings. The molecule has 1 saturated heterocycles. The van der Waals surface area contributed by atoms with E-state index in [9.17, 15) is 0 Å². The smallest absolute Gasteiger partial charge is 0.151 e. The maximum atomic E-state index is 5.54. The summed E-state index contributed by atoms with van der Waals surface area (Å²) in [7, 11) is 0. The number of aryl methyl sites for hydroxylation is 1. The summed E-state index contributed by atoms with van der Waals surface area (Å²) in [6, 6.07) is 4.01. The van der Waals surface area contributed by atoms with Crippen LogP contribution in [-0.2, 0) is 0 Å². The van der Waals surface area contributed by atoms with Gasteiger partial charge in [-0.2, -0.15) is 5.10 Å². The Morgan fingerprint density at radius 3 is 2.53 bits per heavy atom. The van der Waals surface area contributed by atoms with Crippen molar-refractivity contribution < 1.29 is 0 Å². The van der Waals surface area contributed by atoms with Crippen molar-refractivity contribution in [1.29, 1.82) is 0 Å². The first kappa shape index (κ1) is 12.2. The summed E-state index contributed by atoms with van der Waals surface area (Å²) in [6.45, 7) is 6.47. The van der Waals surface area contributed by atoms with Gasteiger partial charge in [-0.1, -0.05) is 12.2 Å². The Bertz CT molecular complexity index is 383. The van der Waals surface area contributed by atoms with Crippen LogP contribution in [-0.4, -0.2) is 52.8 Å². The lowest BCUT2D eigenvalue weighted by molar-refractivity contribution is 0.291. The van der Waals surface area contributed by atoms with Gasteiger partial charge in [-0.05, 0) is 19.1 Å². The van der Waals surface area contributed by atoms with Crippen molar-refractivity contribution in [3.05, 3.63) is 17.8 Å². The Morgan fingerprint density at radius 2 is 2.00 bits per heavy atom. The van der Waals surface area contributed by atoms with Crippen LogP contribution in [0.5, 0.6) is 0 Å². The van der Waals surface area contributed by atoms with E-state index in [-0.39, 0.29) is 0 Å². The summed E-state index contributed by atoms with van der Waals surface area (Å²) < 4.78 is 0. The molecule has 1 aromatic rings. The predicted molar refractivity (Wildman–Crippen MR) is 72.2 cm³/mol. The average molecular weight is 251 g/mol. The molecule has 2 heterocycles. The van der Waals surface area contributed by atoms with Crippen molar-refractivity contribution >= 4 is 23.0 Å². The second kappa shape index (κ2) is 5.37. The first-order chi connectivity index (χ1) is 8.15. The van der Waals surface area contributed by atoms with Gasteiger partial charge in [-0.25, -0.2) is 0 Å². The highest BCUT2D eigenvalue weighted by molar-refractivity contribution is 7.80. The molecule has 1 aliphatic heterocycles. The Morgan fingerprint density at radius 1 is 1.29 bits per heavy atom. The number of anilines is 1. The van der Waals surface area contributed by atoms with Crippen LogP contribution < -0.4 is 10.6 Å². The maximum Gasteiger partial charge on any atom is 0.151 e. The third kappa shape index (κ3) is 3.34. The highest BCUT2D eigenvalue weighted by atomic mass is 32.1. The SMILES string of the molecule is Cc1ccc(N2CCN(CC(N)=S)CC2)nn1. The second-order valence-corrected chi connectivity index (χ2v) is 4.79. The van der Waals surface area contributed by atoms with Crippen LogP contribution in [0.2, 0.25) is 0 Å². The Hall–Kier alpha value is -1.27. The van der Waals surface area contributed by atoms with Crippen LogP contribution >= 0.6 is 12.2 Å². The minimum atomic E-state index is 0.563. The van der Waals surface area contributed by atoms with E-state index in [4.69, 9.17) is 18.0 Å². The van der Waals surface area contributed by atoms with Crippen LogP contribution in [0.15, 0.2) is 12.1 Å². The molecule has 92 valence electrons. The number of piperazine rings is 1. The summed E-state index contributed by atoms with van der Waals surface area (Å²) >= 11 is 4.91. The van der Waals surface area contributed by atoms with E-state index < -0.39 is 0 Å². The highest BCUT2D eigenvalue weighted by Gasteiger charge is 2.18. The van der Waals surface area contributed by atoms with E-state index >= 15 is 0 Å². The zero-order valence-corrected chi connectivity index (χ0v) is 10.8. The zero-order chi connectivity index (χ0) is 12.3. The Balaban J connectivity index is 1.90. The fraction of sp³-hybridized carbons (Fsp3) is 0.545. The highest BCUT2D eigenvalue weighted by Crippen LogP contribution is 2.12. The molecular weight excluding hydrogens is 234 g/mol.